The number of hydrogen-bond donors (Lipinski definition) is 1. The highest BCUT2D eigenvalue weighted by molar-refractivity contribution is 7.10. The monoisotopic (exact) mass is 282 g/mol. The molecule has 1 N–H and O–H groups in total. The van der Waals surface area contributed by atoms with Crippen molar-refractivity contribution >= 4 is 17.2 Å². The largest absolute Gasteiger partial charge is 0.385 e. The zero-order valence-electron chi connectivity index (χ0n) is 11.8. The highest BCUT2D eigenvalue weighted by Gasteiger charge is 2.35. The van der Waals surface area contributed by atoms with Gasteiger partial charge in [0, 0.05) is 25.1 Å². The van der Waals surface area contributed by atoms with Crippen LogP contribution in [0.25, 0.3) is 0 Å². The Kier molecular flexibility index (Phi) is 4.60. The summed E-state index contributed by atoms with van der Waals surface area (Å²) in [5.74, 6) is 0.184. The highest BCUT2D eigenvalue weighted by atomic mass is 32.1. The number of hydrogen-bond acceptors (Lipinski definition) is 4. The first-order valence-electron chi connectivity index (χ1n) is 6.59. The number of carbonyl (C=O) groups excluding carboxylic acids is 1. The van der Waals surface area contributed by atoms with Crippen molar-refractivity contribution in [2.75, 3.05) is 26.8 Å². The summed E-state index contributed by atoms with van der Waals surface area (Å²) in [6.07, 6.45) is 0.985. The average Bonchev–Trinajstić information content (AvgIpc) is 2.98. The molecule has 1 saturated heterocycles. The number of ether oxygens (including phenoxy) is 1. The molecular weight excluding hydrogens is 260 g/mol. The van der Waals surface area contributed by atoms with E-state index in [1.165, 1.54) is 4.88 Å². The second-order valence-electron chi connectivity index (χ2n) is 5.73. The van der Waals surface area contributed by atoms with Gasteiger partial charge in [-0.3, -0.25) is 10.1 Å². The highest BCUT2D eigenvalue weighted by Crippen LogP contribution is 2.31. The Labute approximate surface area is 118 Å². The molecule has 2 rings (SSSR count). The number of methoxy groups -OCH3 is 1. The lowest BCUT2D eigenvalue weighted by atomic mass is 9.89. The Morgan fingerprint density at radius 3 is 3.00 bits per heavy atom. The maximum Gasteiger partial charge on any atom is 0.238 e. The van der Waals surface area contributed by atoms with Gasteiger partial charge < -0.3 is 9.64 Å². The Morgan fingerprint density at radius 2 is 2.37 bits per heavy atom. The minimum absolute atomic E-state index is 0.0364. The molecule has 4 nitrogen and oxygen atoms in total. The summed E-state index contributed by atoms with van der Waals surface area (Å²) in [7, 11) is 1.72. The molecule has 106 valence electrons. The molecule has 1 aromatic heterocycles. The van der Waals surface area contributed by atoms with Gasteiger partial charge in [0.25, 0.3) is 0 Å². The predicted octanol–water partition coefficient (Wildman–Crippen LogP) is 2.24. The van der Waals surface area contributed by atoms with Gasteiger partial charge in [-0.2, -0.15) is 0 Å². The van der Waals surface area contributed by atoms with Crippen LogP contribution in [0.4, 0.5) is 0 Å². The molecule has 1 atom stereocenters. The zero-order valence-corrected chi connectivity index (χ0v) is 12.6. The number of nitrogens with zero attached hydrogens (tertiary/aromatic N) is 1. The maximum absolute atomic E-state index is 12.1. The summed E-state index contributed by atoms with van der Waals surface area (Å²) in [5.41, 5.74) is 0.0627. The molecule has 1 aliphatic heterocycles. The van der Waals surface area contributed by atoms with Crippen LogP contribution in [0.3, 0.4) is 0 Å². The summed E-state index contributed by atoms with van der Waals surface area (Å²) in [5, 5.41) is 5.34. The molecule has 19 heavy (non-hydrogen) atoms. The minimum atomic E-state index is 0.0364. The fraction of sp³-hybridized carbons (Fsp3) is 0.643. The van der Waals surface area contributed by atoms with E-state index in [9.17, 15) is 4.79 Å². The lowest BCUT2D eigenvalue weighted by Gasteiger charge is -2.33. The SMILES string of the molecule is COCCC(C)(C)CN1C(=O)CNC1c1cccs1. The van der Waals surface area contributed by atoms with Gasteiger partial charge >= 0.3 is 0 Å². The summed E-state index contributed by atoms with van der Waals surface area (Å²) in [6.45, 7) is 6.28. The normalized spacial score (nSPS) is 20.3. The van der Waals surface area contributed by atoms with Crippen LogP contribution in [0.5, 0.6) is 0 Å². The first kappa shape index (κ1) is 14.5. The summed E-state index contributed by atoms with van der Waals surface area (Å²) < 4.78 is 5.15. The molecule has 0 aromatic carbocycles. The van der Waals surface area contributed by atoms with Gasteiger partial charge in [-0.15, -0.1) is 11.3 Å². The van der Waals surface area contributed by atoms with Crippen LogP contribution in [-0.2, 0) is 9.53 Å². The van der Waals surface area contributed by atoms with Crippen molar-refractivity contribution in [1.82, 2.24) is 10.2 Å². The van der Waals surface area contributed by atoms with E-state index in [0.717, 1.165) is 19.6 Å². The number of nitrogens with one attached hydrogen (secondary N) is 1. The van der Waals surface area contributed by atoms with Crippen molar-refractivity contribution in [2.24, 2.45) is 5.41 Å². The van der Waals surface area contributed by atoms with Crippen molar-refractivity contribution in [1.29, 1.82) is 0 Å². The molecule has 0 spiro atoms. The molecule has 1 aliphatic rings. The molecule has 0 bridgehead atoms. The molecule has 5 heteroatoms. The van der Waals surface area contributed by atoms with E-state index in [1.54, 1.807) is 18.4 Å². The van der Waals surface area contributed by atoms with Crippen molar-refractivity contribution < 1.29 is 9.53 Å². The van der Waals surface area contributed by atoms with Gasteiger partial charge in [-0.1, -0.05) is 19.9 Å². The molecule has 2 heterocycles. The lowest BCUT2D eigenvalue weighted by molar-refractivity contribution is -0.129. The van der Waals surface area contributed by atoms with Crippen molar-refractivity contribution in [3.63, 3.8) is 0 Å². The molecule has 0 saturated carbocycles. The fourth-order valence-corrected chi connectivity index (χ4v) is 3.15. The topological polar surface area (TPSA) is 41.6 Å². The van der Waals surface area contributed by atoms with Crippen LogP contribution in [-0.4, -0.2) is 37.6 Å². The van der Waals surface area contributed by atoms with Gasteiger partial charge in [0.2, 0.25) is 5.91 Å². The van der Waals surface area contributed by atoms with Crippen LogP contribution in [0.1, 0.15) is 31.3 Å². The predicted molar refractivity (Wildman–Crippen MR) is 77.0 cm³/mol. The second-order valence-corrected chi connectivity index (χ2v) is 6.71. The van der Waals surface area contributed by atoms with E-state index in [0.29, 0.717) is 6.54 Å². The zero-order chi connectivity index (χ0) is 13.9. The number of carbonyl (C=O) groups is 1. The molecule has 0 aliphatic carbocycles. The standard InChI is InChI=1S/C14H22N2O2S/c1-14(2,6-7-18-3)10-16-12(17)9-15-13(16)11-5-4-8-19-11/h4-5,8,13,15H,6-7,9-10H2,1-3H3. The molecule has 1 amide bonds. The van der Waals surface area contributed by atoms with Crippen LogP contribution in [0, 0.1) is 5.41 Å². The minimum Gasteiger partial charge on any atom is -0.385 e. The average molecular weight is 282 g/mol. The van der Waals surface area contributed by atoms with Crippen LogP contribution >= 0.6 is 11.3 Å². The first-order chi connectivity index (χ1) is 9.03. The van der Waals surface area contributed by atoms with Crippen molar-refractivity contribution in [2.45, 2.75) is 26.4 Å². The van der Waals surface area contributed by atoms with E-state index in [-0.39, 0.29) is 17.5 Å². The van der Waals surface area contributed by atoms with Crippen molar-refractivity contribution in [3.05, 3.63) is 22.4 Å². The Morgan fingerprint density at radius 1 is 1.58 bits per heavy atom. The quantitative estimate of drug-likeness (QED) is 0.870. The van der Waals surface area contributed by atoms with Crippen LogP contribution in [0.2, 0.25) is 0 Å². The van der Waals surface area contributed by atoms with Crippen LogP contribution < -0.4 is 5.32 Å². The van der Waals surface area contributed by atoms with Gasteiger partial charge in [-0.25, -0.2) is 0 Å². The van der Waals surface area contributed by atoms with E-state index in [2.05, 4.69) is 25.2 Å². The van der Waals surface area contributed by atoms with Crippen molar-refractivity contribution in [3.8, 4) is 0 Å². The van der Waals surface area contributed by atoms with Gasteiger partial charge in [0.05, 0.1) is 6.54 Å². The fourth-order valence-electron chi connectivity index (χ4n) is 2.34. The third-order valence-corrected chi connectivity index (χ3v) is 4.40. The third-order valence-electron chi connectivity index (χ3n) is 3.47. The molecule has 1 unspecified atom stereocenters. The Balaban J connectivity index is 2.06. The summed E-state index contributed by atoms with van der Waals surface area (Å²) in [6, 6.07) is 4.11. The molecule has 0 radical (unpaired) electrons. The number of rotatable bonds is 6. The smallest absolute Gasteiger partial charge is 0.238 e. The number of thiophene rings is 1. The number of amides is 1. The first-order valence-corrected chi connectivity index (χ1v) is 7.47. The van der Waals surface area contributed by atoms with E-state index in [1.807, 2.05) is 16.3 Å². The molecule has 1 fully saturated rings. The van der Waals surface area contributed by atoms with Gasteiger partial charge in [0.15, 0.2) is 0 Å². The molecular formula is C14H22N2O2S. The van der Waals surface area contributed by atoms with E-state index < -0.39 is 0 Å². The lowest BCUT2D eigenvalue weighted by Crippen LogP contribution is -2.38. The maximum atomic E-state index is 12.1. The van der Waals surface area contributed by atoms with E-state index in [4.69, 9.17) is 4.74 Å². The van der Waals surface area contributed by atoms with E-state index >= 15 is 0 Å². The Bertz CT molecular complexity index is 417. The summed E-state index contributed by atoms with van der Waals surface area (Å²) >= 11 is 1.69. The van der Waals surface area contributed by atoms with Gasteiger partial charge in [0.1, 0.15) is 6.17 Å². The summed E-state index contributed by atoms with van der Waals surface area (Å²) in [4.78, 5) is 15.2. The third kappa shape index (κ3) is 3.55. The van der Waals surface area contributed by atoms with Gasteiger partial charge in [-0.05, 0) is 23.3 Å². The Hall–Kier alpha value is -0.910. The van der Waals surface area contributed by atoms with Crippen LogP contribution in [0.15, 0.2) is 17.5 Å². The molecule has 1 aromatic rings. The second kappa shape index (κ2) is 6.03.